The van der Waals surface area contributed by atoms with Crippen LogP contribution in [-0.2, 0) is 11.3 Å². The zero-order valence-electron chi connectivity index (χ0n) is 13.7. The predicted molar refractivity (Wildman–Crippen MR) is 97.9 cm³/mol. The second kappa shape index (κ2) is 8.91. The summed E-state index contributed by atoms with van der Waals surface area (Å²) in [4.78, 5) is 25.7. The molecule has 3 N–H and O–H groups in total. The molecule has 1 atom stereocenters. The van der Waals surface area contributed by atoms with Crippen molar-refractivity contribution in [2.24, 2.45) is 0 Å². The maximum Gasteiger partial charge on any atom is 0.265 e. The summed E-state index contributed by atoms with van der Waals surface area (Å²) in [7, 11) is 0. The topological polar surface area (TPSA) is 81.7 Å². The van der Waals surface area contributed by atoms with Gasteiger partial charge in [-0.15, -0.1) is 0 Å². The minimum atomic E-state index is -0.770. The monoisotopic (exact) mass is 357 g/mol. The number of nitrogens with zero attached hydrogens (tertiary/aromatic N) is 1. The van der Waals surface area contributed by atoms with Gasteiger partial charge in [0.15, 0.2) is 5.11 Å². The number of carbonyl (C=O) groups is 2. The van der Waals surface area contributed by atoms with Crippen LogP contribution in [0.25, 0.3) is 0 Å². The van der Waals surface area contributed by atoms with Crippen LogP contribution in [0.1, 0.15) is 22.8 Å². The molecule has 0 saturated carbocycles. The molecule has 0 spiro atoms. The van der Waals surface area contributed by atoms with Gasteiger partial charge < -0.3 is 4.90 Å². The van der Waals surface area contributed by atoms with Crippen molar-refractivity contribution in [3.05, 3.63) is 71.8 Å². The fourth-order valence-corrected chi connectivity index (χ4v) is 2.55. The van der Waals surface area contributed by atoms with Crippen LogP contribution in [0.15, 0.2) is 60.7 Å². The summed E-state index contributed by atoms with van der Waals surface area (Å²) >= 11 is 5.33. The van der Waals surface area contributed by atoms with E-state index in [1.165, 1.54) is 4.90 Å². The first-order valence-electron chi connectivity index (χ1n) is 7.67. The van der Waals surface area contributed by atoms with Gasteiger partial charge in [-0.3, -0.25) is 20.1 Å². The second-order valence-corrected chi connectivity index (χ2v) is 5.78. The third kappa shape index (κ3) is 5.10. The van der Waals surface area contributed by atoms with Gasteiger partial charge in [-0.1, -0.05) is 48.5 Å². The van der Waals surface area contributed by atoms with Crippen LogP contribution in [0.4, 0.5) is 0 Å². The number of benzene rings is 2. The van der Waals surface area contributed by atoms with E-state index in [0.29, 0.717) is 12.1 Å². The van der Waals surface area contributed by atoms with E-state index in [2.05, 4.69) is 5.32 Å². The van der Waals surface area contributed by atoms with Crippen LogP contribution in [0, 0.1) is 0 Å². The first kappa shape index (κ1) is 18.6. The summed E-state index contributed by atoms with van der Waals surface area (Å²) in [6.07, 6.45) is 0. The lowest BCUT2D eigenvalue weighted by molar-refractivity contribution is -0.133. The van der Waals surface area contributed by atoms with E-state index in [0.717, 1.165) is 5.56 Å². The SMILES string of the molecule is C[C@@H](C(=O)NO)N(Cc1ccccc1)C(=S)NC(=O)c1ccccc1. The molecule has 25 heavy (non-hydrogen) atoms. The number of thiocarbonyl (C=S) groups is 1. The summed E-state index contributed by atoms with van der Waals surface area (Å²) in [6.45, 7) is 1.90. The largest absolute Gasteiger partial charge is 0.333 e. The number of carbonyl (C=O) groups excluding carboxylic acids is 2. The van der Waals surface area contributed by atoms with Crippen LogP contribution >= 0.6 is 12.2 Å². The summed E-state index contributed by atoms with van der Waals surface area (Å²) in [6, 6.07) is 17.3. The molecule has 0 aliphatic carbocycles. The van der Waals surface area contributed by atoms with Crippen molar-refractivity contribution in [1.29, 1.82) is 0 Å². The van der Waals surface area contributed by atoms with Crippen molar-refractivity contribution < 1.29 is 14.8 Å². The normalized spacial score (nSPS) is 11.3. The van der Waals surface area contributed by atoms with Gasteiger partial charge in [0.1, 0.15) is 6.04 Å². The molecule has 2 aromatic carbocycles. The Hall–Kier alpha value is -2.77. The fourth-order valence-electron chi connectivity index (χ4n) is 2.23. The molecule has 2 rings (SSSR count). The molecule has 0 aliphatic rings. The highest BCUT2D eigenvalue weighted by Crippen LogP contribution is 2.10. The number of nitrogens with one attached hydrogen (secondary N) is 2. The highest BCUT2D eigenvalue weighted by atomic mass is 32.1. The fraction of sp³-hybridized carbons (Fsp3) is 0.167. The number of rotatable bonds is 5. The highest BCUT2D eigenvalue weighted by Gasteiger charge is 2.25. The second-order valence-electron chi connectivity index (χ2n) is 5.39. The molecule has 0 aromatic heterocycles. The van der Waals surface area contributed by atoms with E-state index in [1.54, 1.807) is 36.7 Å². The quantitative estimate of drug-likeness (QED) is 0.434. The molecule has 6 nitrogen and oxygen atoms in total. The van der Waals surface area contributed by atoms with Crippen molar-refractivity contribution in [2.75, 3.05) is 0 Å². The summed E-state index contributed by atoms with van der Waals surface area (Å²) in [5.74, 6) is -0.979. The Morgan fingerprint density at radius 2 is 1.64 bits per heavy atom. The van der Waals surface area contributed by atoms with Gasteiger partial charge in [0.2, 0.25) is 0 Å². The van der Waals surface area contributed by atoms with E-state index < -0.39 is 11.9 Å². The zero-order valence-corrected chi connectivity index (χ0v) is 14.5. The molecular formula is C18H19N3O3S. The van der Waals surface area contributed by atoms with Crippen molar-refractivity contribution in [1.82, 2.24) is 15.7 Å². The van der Waals surface area contributed by atoms with Gasteiger partial charge in [-0.25, -0.2) is 5.48 Å². The van der Waals surface area contributed by atoms with E-state index >= 15 is 0 Å². The van der Waals surface area contributed by atoms with E-state index in [-0.39, 0.29) is 11.0 Å². The molecule has 0 heterocycles. The minimum absolute atomic E-state index is 0.105. The molecule has 2 amide bonds. The van der Waals surface area contributed by atoms with Gasteiger partial charge in [-0.05, 0) is 36.8 Å². The first-order chi connectivity index (χ1) is 12.0. The highest BCUT2D eigenvalue weighted by molar-refractivity contribution is 7.80. The average Bonchev–Trinajstić information content (AvgIpc) is 2.66. The van der Waals surface area contributed by atoms with Gasteiger partial charge in [0, 0.05) is 12.1 Å². The van der Waals surface area contributed by atoms with Crippen LogP contribution in [0.2, 0.25) is 0 Å². The van der Waals surface area contributed by atoms with E-state index in [1.807, 2.05) is 36.4 Å². The number of hydrogen-bond donors (Lipinski definition) is 3. The molecule has 0 saturated heterocycles. The molecule has 2 aromatic rings. The van der Waals surface area contributed by atoms with Gasteiger partial charge in [-0.2, -0.15) is 0 Å². The van der Waals surface area contributed by atoms with Gasteiger partial charge >= 0.3 is 0 Å². The smallest absolute Gasteiger partial charge is 0.265 e. The number of hydrogen-bond acceptors (Lipinski definition) is 4. The van der Waals surface area contributed by atoms with Crippen LogP contribution < -0.4 is 10.8 Å². The molecule has 7 heteroatoms. The number of hydroxylamine groups is 1. The minimum Gasteiger partial charge on any atom is -0.333 e. The lowest BCUT2D eigenvalue weighted by Gasteiger charge is -2.30. The summed E-state index contributed by atoms with van der Waals surface area (Å²) in [5.41, 5.74) is 2.99. The maximum atomic E-state index is 12.3. The predicted octanol–water partition coefficient (Wildman–Crippen LogP) is 2.10. The molecule has 0 radical (unpaired) electrons. The Morgan fingerprint density at radius 3 is 2.20 bits per heavy atom. The van der Waals surface area contributed by atoms with Crippen LogP contribution in [-0.4, -0.2) is 33.1 Å². The molecule has 0 fully saturated rings. The average molecular weight is 357 g/mol. The van der Waals surface area contributed by atoms with Crippen molar-refractivity contribution in [2.45, 2.75) is 19.5 Å². The van der Waals surface area contributed by atoms with Crippen molar-refractivity contribution in [3.8, 4) is 0 Å². The Balaban J connectivity index is 2.17. The Bertz CT molecular complexity index is 738. The third-order valence-electron chi connectivity index (χ3n) is 3.67. The molecule has 0 unspecified atom stereocenters. The molecular weight excluding hydrogens is 338 g/mol. The molecule has 130 valence electrons. The maximum absolute atomic E-state index is 12.3. The number of amides is 2. The van der Waals surface area contributed by atoms with Gasteiger partial charge in [0.25, 0.3) is 11.8 Å². The van der Waals surface area contributed by atoms with E-state index in [4.69, 9.17) is 17.4 Å². The lowest BCUT2D eigenvalue weighted by Crippen LogP contribution is -2.51. The van der Waals surface area contributed by atoms with Crippen molar-refractivity contribution in [3.63, 3.8) is 0 Å². The summed E-state index contributed by atoms with van der Waals surface area (Å²) in [5, 5.41) is 11.6. The molecule has 0 bridgehead atoms. The van der Waals surface area contributed by atoms with Gasteiger partial charge in [0.05, 0.1) is 0 Å². The Morgan fingerprint density at radius 1 is 1.08 bits per heavy atom. The Kier molecular flexibility index (Phi) is 6.62. The standard InChI is InChI=1S/C18H19N3O3S/c1-13(16(22)20-24)21(12-14-8-4-2-5-9-14)18(25)19-17(23)15-10-6-3-7-11-15/h2-11,13,24H,12H2,1H3,(H,20,22)(H,19,23,25)/t13-/m0/s1. The van der Waals surface area contributed by atoms with Crippen LogP contribution in [0.5, 0.6) is 0 Å². The molecule has 0 aliphatic heterocycles. The third-order valence-corrected chi connectivity index (χ3v) is 4.01. The first-order valence-corrected chi connectivity index (χ1v) is 8.08. The van der Waals surface area contributed by atoms with Crippen molar-refractivity contribution >= 4 is 29.1 Å². The summed E-state index contributed by atoms with van der Waals surface area (Å²) < 4.78 is 0. The van der Waals surface area contributed by atoms with Crippen LogP contribution in [0.3, 0.4) is 0 Å². The lowest BCUT2D eigenvalue weighted by atomic mass is 10.2. The Labute approximate surface area is 151 Å². The zero-order chi connectivity index (χ0) is 18.2. The van der Waals surface area contributed by atoms with E-state index in [9.17, 15) is 9.59 Å².